The van der Waals surface area contributed by atoms with Crippen LogP contribution in [0.5, 0.6) is 0 Å². The van der Waals surface area contributed by atoms with Crippen molar-refractivity contribution in [2.45, 2.75) is 84.3 Å². The predicted octanol–water partition coefficient (Wildman–Crippen LogP) is 6.47. The monoisotopic (exact) mass is 679 g/mol. The fraction of sp³-hybridized carbons (Fsp3) is 0.462. The van der Waals surface area contributed by atoms with E-state index < -0.39 is 23.7 Å². The summed E-state index contributed by atoms with van der Waals surface area (Å²) in [4.78, 5) is 43.0. The number of ether oxygens (including phenoxy) is 2. The molecule has 0 radical (unpaired) electrons. The van der Waals surface area contributed by atoms with Crippen LogP contribution < -0.4 is 20.9 Å². The standard InChI is InChI=1S/C39H49N7O4/c1-25-34(42-26(2)43-36(25)46-21-17-29(18-22-46)32-16-15-30-13-9-20-40-35(30)44-32)41-24-33(37(47)50-39(3,4)5)45-38(48)49-23-19-28-12-8-11-27-10-6-7-14-31(27)28/h6-8,10-12,14-16,29,33H,9,13,17-24H2,1-5H3,(H,40,44)(H,45,48)(H,41,42,43)/t33-/m0/s1. The second-order valence-electron chi connectivity index (χ2n) is 14.2. The van der Waals surface area contributed by atoms with Gasteiger partial charge in [0.15, 0.2) is 0 Å². The smallest absolute Gasteiger partial charge is 0.407 e. The van der Waals surface area contributed by atoms with Crippen LogP contribution in [0, 0.1) is 13.8 Å². The topological polar surface area (TPSA) is 131 Å². The number of benzene rings is 2. The molecule has 1 amide bonds. The van der Waals surface area contributed by atoms with Gasteiger partial charge in [0, 0.05) is 49.8 Å². The van der Waals surface area contributed by atoms with Crippen molar-refractivity contribution < 1.29 is 19.1 Å². The van der Waals surface area contributed by atoms with Gasteiger partial charge in [-0.15, -0.1) is 0 Å². The number of aryl methyl sites for hydroxylation is 2. The number of alkyl carbamates (subject to hydrolysis) is 1. The molecule has 264 valence electrons. The van der Waals surface area contributed by atoms with E-state index in [0.29, 0.717) is 24.0 Å². The maximum Gasteiger partial charge on any atom is 0.407 e. The zero-order valence-corrected chi connectivity index (χ0v) is 29.8. The van der Waals surface area contributed by atoms with Crippen molar-refractivity contribution >= 4 is 40.3 Å². The molecule has 3 N–H and O–H groups in total. The highest BCUT2D eigenvalue weighted by molar-refractivity contribution is 5.86. The number of pyridine rings is 1. The third-order valence-corrected chi connectivity index (χ3v) is 9.30. The minimum absolute atomic E-state index is 0.0597. The van der Waals surface area contributed by atoms with E-state index in [1.165, 1.54) is 5.56 Å². The molecular weight excluding hydrogens is 630 g/mol. The maximum atomic E-state index is 13.3. The Morgan fingerprint density at radius 1 is 1.00 bits per heavy atom. The summed E-state index contributed by atoms with van der Waals surface area (Å²) >= 11 is 0. The second kappa shape index (κ2) is 15.3. The molecule has 0 bridgehead atoms. The zero-order chi connectivity index (χ0) is 35.3. The summed E-state index contributed by atoms with van der Waals surface area (Å²) < 4.78 is 11.2. The number of esters is 1. The van der Waals surface area contributed by atoms with E-state index in [4.69, 9.17) is 19.4 Å². The third kappa shape index (κ3) is 8.61. The highest BCUT2D eigenvalue weighted by Gasteiger charge is 2.29. The molecule has 2 aliphatic rings. The second-order valence-corrected chi connectivity index (χ2v) is 14.2. The Morgan fingerprint density at radius 3 is 2.58 bits per heavy atom. The van der Waals surface area contributed by atoms with Crippen LogP contribution in [0.25, 0.3) is 10.8 Å². The van der Waals surface area contributed by atoms with Crippen LogP contribution in [0.1, 0.15) is 74.2 Å². The van der Waals surface area contributed by atoms with Crippen molar-refractivity contribution in [1.29, 1.82) is 0 Å². The van der Waals surface area contributed by atoms with Gasteiger partial charge >= 0.3 is 12.1 Å². The number of hydrogen-bond acceptors (Lipinski definition) is 10. The lowest BCUT2D eigenvalue weighted by molar-refractivity contribution is -0.156. The van der Waals surface area contributed by atoms with Gasteiger partial charge in [0.25, 0.3) is 0 Å². The van der Waals surface area contributed by atoms with Crippen LogP contribution in [0.2, 0.25) is 0 Å². The Labute approximate surface area is 294 Å². The highest BCUT2D eigenvalue weighted by atomic mass is 16.6. The summed E-state index contributed by atoms with van der Waals surface area (Å²) in [6.07, 6.45) is 4.05. The number of amides is 1. The molecule has 0 spiro atoms. The lowest BCUT2D eigenvalue weighted by Gasteiger charge is -2.34. The first kappa shape index (κ1) is 34.9. The largest absolute Gasteiger partial charge is 0.458 e. The van der Waals surface area contributed by atoms with Gasteiger partial charge in [-0.2, -0.15) is 0 Å². The predicted molar refractivity (Wildman–Crippen MR) is 197 cm³/mol. The van der Waals surface area contributed by atoms with Crippen molar-refractivity contribution in [3.05, 3.63) is 82.8 Å². The van der Waals surface area contributed by atoms with Gasteiger partial charge in [-0.1, -0.05) is 48.5 Å². The molecule has 4 aromatic rings. The molecular formula is C39H49N7O4. The molecule has 2 aromatic carbocycles. The van der Waals surface area contributed by atoms with Crippen molar-refractivity contribution in [2.75, 3.05) is 48.3 Å². The third-order valence-electron chi connectivity index (χ3n) is 9.30. The number of carbonyl (C=O) groups is 2. The fourth-order valence-electron chi connectivity index (χ4n) is 6.76. The minimum atomic E-state index is -1.01. The molecule has 6 rings (SSSR count). The van der Waals surface area contributed by atoms with E-state index in [-0.39, 0.29) is 13.2 Å². The molecule has 0 aliphatic carbocycles. The summed E-state index contributed by atoms with van der Waals surface area (Å²) in [6, 6.07) is 17.6. The number of piperidine rings is 1. The van der Waals surface area contributed by atoms with E-state index in [1.807, 2.05) is 38.1 Å². The molecule has 50 heavy (non-hydrogen) atoms. The molecule has 1 saturated heterocycles. The number of carbonyl (C=O) groups excluding carboxylic acids is 2. The first-order valence-electron chi connectivity index (χ1n) is 17.7. The summed E-state index contributed by atoms with van der Waals surface area (Å²) in [5, 5.41) is 11.7. The molecule has 2 aromatic heterocycles. The zero-order valence-electron chi connectivity index (χ0n) is 29.8. The van der Waals surface area contributed by atoms with Crippen molar-refractivity contribution in [3.63, 3.8) is 0 Å². The normalized spacial score (nSPS) is 15.5. The van der Waals surface area contributed by atoms with Crippen molar-refractivity contribution in [2.24, 2.45) is 0 Å². The Balaban J connectivity index is 1.08. The van der Waals surface area contributed by atoms with Gasteiger partial charge in [0.1, 0.15) is 34.9 Å². The van der Waals surface area contributed by atoms with Crippen LogP contribution >= 0.6 is 0 Å². The Hall–Kier alpha value is -4.93. The van der Waals surface area contributed by atoms with Crippen LogP contribution in [0.15, 0.2) is 54.6 Å². The fourth-order valence-corrected chi connectivity index (χ4v) is 6.76. The summed E-state index contributed by atoms with van der Waals surface area (Å²) in [5.74, 6) is 2.97. The first-order chi connectivity index (χ1) is 24.0. The van der Waals surface area contributed by atoms with Gasteiger partial charge in [0.2, 0.25) is 0 Å². The quantitative estimate of drug-likeness (QED) is 0.160. The average molecular weight is 680 g/mol. The Morgan fingerprint density at radius 2 is 1.78 bits per heavy atom. The SMILES string of the molecule is Cc1nc(NC[C@H](NC(=O)OCCc2cccc3ccccc23)C(=O)OC(C)(C)C)c(C)c(N2CCC(c3ccc4c(n3)NCCC4)CC2)n1. The number of hydrogen-bond donors (Lipinski definition) is 3. The number of fused-ring (bicyclic) bond motifs is 2. The van der Waals surface area contributed by atoms with Gasteiger partial charge in [-0.25, -0.2) is 24.5 Å². The number of aromatic nitrogens is 3. The summed E-state index contributed by atoms with van der Waals surface area (Å²) in [6.45, 7) is 12.1. The number of rotatable bonds is 10. The maximum absolute atomic E-state index is 13.3. The molecule has 1 fully saturated rings. The number of anilines is 3. The Bertz CT molecular complexity index is 1830. The van der Waals surface area contributed by atoms with Gasteiger partial charge in [-0.3, -0.25) is 0 Å². The van der Waals surface area contributed by atoms with Gasteiger partial charge in [-0.05, 0) is 88.3 Å². The molecule has 11 nitrogen and oxygen atoms in total. The van der Waals surface area contributed by atoms with Crippen LogP contribution in [0.4, 0.5) is 22.2 Å². The average Bonchev–Trinajstić information content (AvgIpc) is 3.10. The molecule has 0 unspecified atom stereocenters. The van der Waals surface area contributed by atoms with Crippen LogP contribution in [-0.2, 0) is 27.1 Å². The van der Waals surface area contributed by atoms with E-state index in [0.717, 1.165) is 84.5 Å². The number of nitrogens with zero attached hydrogens (tertiary/aromatic N) is 4. The van der Waals surface area contributed by atoms with E-state index in [9.17, 15) is 9.59 Å². The van der Waals surface area contributed by atoms with Gasteiger partial charge < -0.3 is 30.3 Å². The summed E-state index contributed by atoms with van der Waals surface area (Å²) in [7, 11) is 0. The molecule has 4 heterocycles. The van der Waals surface area contributed by atoms with E-state index in [2.05, 4.69) is 56.2 Å². The Kier molecular flexibility index (Phi) is 10.7. The molecule has 2 aliphatic heterocycles. The first-order valence-corrected chi connectivity index (χ1v) is 17.7. The molecule has 0 saturated carbocycles. The lowest BCUT2D eigenvalue weighted by atomic mass is 9.92. The van der Waals surface area contributed by atoms with E-state index in [1.54, 1.807) is 20.8 Å². The van der Waals surface area contributed by atoms with Crippen molar-refractivity contribution in [1.82, 2.24) is 20.3 Å². The van der Waals surface area contributed by atoms with Crippen molar-refractivity contribution in [3.8, 4) is 0 Å². The van der Waals surface area contributed by atoms with Crippen LogP contribution in [-0.4, -0.2) is 71.4 Å². The lowest BCUT2D eigenvalue weighted by Crippen LogP contribution is -2.48. The van der Waals surface area contributed by atoms with Gasteiger partial charge in [0.05, 0.1) is 6.61 Å². The minimum Gasteiger partial charge on any atom is -0.458 e. The molecule has 11 heteroatoms. The highest BCUT2D eigenvalue weighted by Crippen LogP contribution is 2.33. The van der Waals surface area contributed by atoms with E-state index >= 15 is 0 Å². The molecule has 1 atom stereocenters. The summed E-state index contributed by atoms with van der Waals surface area (Å²) in [5.41, 5.74) is 3.70. The van der Waals surface area contributed by atoms with Crippen LogP contribution in [0.3, 0.4) is 0 Å². The number of nitrogens with one attached hydrogen (secondary N) is 3.